The molecule has 0 amide bonds. The highest BCUT2D eigenvalue weighted by Crippen LogP contribution is 2.51. The van der Waals surface area contributed by atoms with E-state index in [0.29, 0.717) is 10.9 Å². The van der Waals surface area contributed by atoms with Gasteiger partial charge in [0.25, 0.3) is 0 Å². The molecule has 0 aliphatic heterocycles. The van der Waals surface area contributed by atoms with Crippen LogP contribution in [0.2, 0.25) is 0 Å². The standard InChI is InChI=1S/C12H10F3OP/c1-7(16)9-3-2-8(6-10(9)17)11(4-5-11)12(13,14)15/h2-6H,17H2,1H3. The first-order chi connectivity index (χ1) is 7.78. The number of carbonyl (C=O) groups is 1. The van der Waals surface area contributed by atoms with Gasteiger partial charge < -0.3 is 0 Å². The third kappa shape index (κ3) is 1.91. The molecule has 0 saturated heterocycles. The Morgan fingerprint density at radius 1 is 1.29 bits per heavy atom. The Morgan fingerprint density at radius 2 is 1.88 bits per heavy atom. The molecular weight excluding hydrogens is 248 g/mol. The number of hydrogen-bond donors (Lipinski definition) is 0. The van der Waals surface area contributed by atoms with Crippen molar-refractivity contribution in [2.75, 3.05) is 0 Å². The van der Waals surface area contributed by atoms with Crippen molar-refractivity contribution in [3.05, 3.63) is 41.5 Å². The molecule has 1 aromatic carbocycles. The van der Waals surface area contributed by atoms with E-state index in [4.69, 9.17) is 0 Å². The molecule has 0 heterocycles. The number of alkyl halides is 3. The Labute approximate surface area is 98.9 Å². The monoisotopic (exact) mass is 258 g/mol. The molecule has 0 bridgehead atoms. The Balaban J connectivity index is 2.43. The van der Waals surface area contributed by atoms with Gasteiger partial charge in [0.05, 0.1) is 0 Å². The number of Topliss-reactive ketones (excluding diaryl/α,β-unsaturated/α-hetero) is 1. The molecule has 0 spiro atoms. The maximum atomic E-state index is 12.8. The van der Waals surface area contributed by atoms with Crippen molar-refractivity contribution in [2.24, 2.45) is 0 Å². The van der Waals surface area contributed by atoms with Crippen LogP contribution in [0.1, 0.15) is 22.8 Å². The number of ketones is 1. The Hall–Kier alpha value is -1.15. The molecule has 17 heavy (non-hydrogen) atoms. The van der Waals surface area contributed by atoms with Gasteiger partial charge in [-0.15, -0.1) is 9.24 Å². The lowest BCUT2D eigenvalue weighted by Gasteiger charge is -2.21. The van der Waals surface area contributed by atoms with Crippen molar-refractivity contribution in [1.82, 2.24) is 0 Å². The van der Waals surface area contributed by atoms with Gasteiger partial charge >= 0.3 is 6.18 Å². The summed E-state index contributed by atoms with van der Waals surface area (Å²) >= 11 is 0. The molecule has 1 nitrogen and oxygen atoms in total. The molecule has 1 aliphatic carbocycles. The van der Waals surface area contributed by atoms with E-state index >= 15 is 0 Å². The molecule has 5 heteroatoms. The highest BCUT2D eigenvalue weighted by molar-refractivity contribution is 7.27. The zero-order chi connectivity index (χ0) is 12.8. The lowest BCUT2D eigenvalue weighted by Crippen LogP contribution is -2.31. The molecule has 0 aromatic heterocycles. The highest BCUT2D eigenvalue weighted by atomic mass is 31.0. The first kappa shape index (κ1) is 12.3. The van der Waals surface area contributed by atoms with Crippen LogP contribution in [0.4, 0.5) is 13.2 Å². The third-order valence-electron chi connectivity index (χ3n) is 2.88. The lowest BCUT2D eigenvalue weighted by atomic mass is 9.91. The van der Waals surface area contributed by atoms with E-state index in [9.17, 15) is 18.0 Å². The normalized spacial score (nSPS) is 17.0. The van der Waals surface area contributed by atoms with Crippen LogP contribution in [0, 0.1) is 0 Å². The Kier molecular flexibility index (Phi) is 2.66. The molecule has 0 radical (unpaired) electrons. The van der Waals surface area contributed by atoms with Crippen molar-refractivity contribution in [1.29, 1.82) is 0 Å². The van der Waals surface area contributed by atoms with Crippen LogP contribution in [0.25, 0.3) is 0 Å². The fourth-order valence-corrected chi connectivity index (χ4v) is 2.25. The maximum absolute atomic E-state index is 12.8. The number of benzene rings is 1. The summed E-state index contributed by atoms with van der Waals surface area (Å²) in [6.45, 7) is 1.39. The minimum Gasteiger partial charge on any atom is -0.294 e. The zero-order valence-electron chi connectivity index (χ0n) is 9.01. The Bertz CT molecular complexity index is 511. The predicted molar refractivity (Wildman–Crippen MR) is 62.7 cm³/mol. The topological polar surface area (TPSA) is 17.1 Å². The van der Waals surface area contributed by atoms with Crippen LogP contribution in [0.15, 0.2) is 30.4 Å². The number of carbonyl (C=O) groups excluding carboxylic acids is 1. The van der Waals surface area contributed by atoms with E-state index in [1.807, 2.05) is 0 Å². The molecule has 0 fully saturated rings. The third-order valence-corrected chi connectivity index (χ3v) is 3.36. The lowest BCUT2D eigenvalue weighted by molar-refractivity contribution is -0.153. The second-order valence-corrected chi connectivity index (χ2v) is 4.68. The summed E-state index contributed by atoms with van der Waals surface area (Å²) in [5, 5.41) is 0.493. The highest BCUT2D eigenvalue weighted by Gasteiger charge is 2.58. The summed E-state index contributed by atoms with van der Waals surface area (Å²) in [6.07, 6.45) is -2.07. The van der Waals surface area contributed by atoms with Crippen LogP contribution < -0.4 is 5.30 Å². The van der Waals surface area contributed by atoms with Gasteiger partial charge in [0.2, 0.25) is 0 Å². The van der Waals surface area contributed by atoms with Gasteiger partial charge in [-0.25, -0.2) is 0 Å². The SMILES string of the molecule is CC(=O)c1ccc(C2(C(F)(F)F)C=C2)cc1P. The van der Waals surface area contributed by atoms with Gasteiger partial charge in [-0.05, 0) is 23.9 Å². The summed E-state index contributed by atoms with van der Waals surface area (Å²) in [7, 11) is 2.30. The van der Waals surface area contributed by atoms with Crippen LogP contribution in [0.5, 0.6) is 0 Å². The molecule has 1 aliphatic rings. The fourth-order valence-electron chi connectivity index (χ4n) is 1.77. The van der Waals surface area contributed by atoms with Crippen molar-refractivity contribution < 1.29 is 18.0 Å². The number of hydrogen-bond acceptors (Lipinski definition) is 1. The van der Waals surface area contributed by atoms with Gasteiger partial charge in [-0.3, -0.25) is 4.79 Å². The van der Waals surface area contributed by atoms with Crippen LogP contribution in [-0.4, -0.2) is 12.0 Å². The molecule has 2 rings (SSSR count). The van der Waals surface area contributed by atoms with E-state index in [0.717, 1.165) is 12.2 Å². The van der Waals surface area contributed by atoms with E-state index in [2.05, 4.69) is 9.24 Å². The molecule has 1 aromatic rings. The summed E-state index contributed by atoms with van der Waals surface area (Å²) in [5.41, 5.74) is -1.34. The molecule has 1 unspecified atom stereocenters. The van der Waals surface area contributed by atoms with E-state index < -0.39 is 11.6 Å². The first-order valence-corrected chi connectivity index (χ1v) is 5.54. The predicted octanol–water partition coefficient (Wildman–Crippen LogP) is 2.76. The molecule has 90 valence electrons. The van der Waals surface area contributed by atoms with Crippen molar-refractivity contribution >= 4 is 20.3 Å². The number of halogens is 3. The summed E-state index contributed by atoms with van der Waals surface area (Å²) in [6, 6.07) is 4.19. The van der Waals surface area contributed by atoms with Crippen molar-refractivity contribution in [2.45, 2.75) is 18.5 Å². The van der Waals surface area contributed by atoms with Crippen molar-refractivity contribution in [3.63, 3.8) is 0 Å². The number of allylic oxidation sites excluding steroid dienone is 2. The van der Waals surface area contributed by atoms with Gasteiger partial charge in [0.15, 0.2) is 5.78 Å². The average Bonchev–Trinajstić information content (AvgIpc) is 2.95. The van der Waals surface area contributed by atoms with E-state index in [1.165, 1.54) is 25.1 Å². The van der Waals surface area contributed by atoms with Gasteiger partial charge in [0, 0.05) is 5.56 Å². The van der Waals surface area contributed by atoms with Gasteiger partial charge in [-0.2, -0.15) is 13.2 Å². The minimum absolute atomic E-state index is 0.153. The van der Waals surface area contributed by atoms with E-state index in [-0.39, 0.29) is 11.3 Å². The van der Waals surface area contributed by atoms with Gasteiger partial charge in [-0.1, -0.05) is 24.3 Å². The first-order valence-electron chi connectivity index (χ1n) is 4.96. The smallest absolute Gasteiger partial charge is 0.294 e. The number of rotatable bonds is 2. The molecule has 0 N–H and O–H groups in total. The zero-order valence-corrected chi connectivity index (χ0v) is 10.2. The summed E-state index contributed by atoms with van der Waals surface area (Å²) in [5.74, 6) is -0.161. The van der Waals surface area contributed by atoms with Crippen molar-refractivity contribution in [3.8, 4) is 0 Å². The molecule has 1 atom stereocenters. The summed E-state index contributed by atoms with van der Waals surface area (Å²) < 4.78 is 38.5. The van der Waals surface area contributed by atoms with Gasteiger partial charge in [0.1, 0.15) is 5.41 Å². The summed E-state index contributed by atoms with van der Waals surface area (Å²) in [4.78, 5) is 11.2. The largest absolute Gasteiger partial charge is 0.405 e. The van der Waals surface area contributed by atoms with Crippen LogP contribution in [0.3, 0.4) is 0 Å². The van der Waals surface area contributed by atoms with Crippen LogP contribution >= 0.6 is 9.24 Å². The Morgan fingerprint density at radius 3 is 2.24 bits per heavy atom. The quantitative estimate of drug-likeness (QED) is 0.453. The average molecular weight is 258 g/mol. The molecular formula is C12H10F3OP. The fraction of sp³-hybridized carbons (Fsp3) is 0.250. The maximum Gasteiger partial charge on any atom is 0.405 e. The van der Waals surface area contributed by atoms with Crippen LogP contribution in [-0.2, 0) is 5.41 Å². The molecule has 0 saturated carbocycles. The second-order valence-electron chi connectivity index (χ2n) is 4.06. The minimum atomic E-state index is -4.32. The van der Waals surface area contributed by atoms with E-state index in [1.54, 1.807) is 0 Å². The second kappa shape index (κ2) is 3.67.